The third-order valence-electron chi connectivity index (χ3n) is 5.71. The minimum atomic E-state index is 0.887. The van der Waals surface area contributed by atoms with Gasteiger partial charge >= 0.3 is 0 Å². The molecule has 3 aromatic heterocycles. The minimum absolute atomic E-state index is 0.887. The molecule has 0 saturated heterocycles. The average Bonchev–Trinajstić information content (AvgIpc) is 3.34. The van der Waals surface area contributed by atoms with Gasteiger partial charge in [0, 0.05) is 45.3 Å². The summed E-state index contributed by atoms with van der Waals surface area (Å²) >= 11 is 0. The third kappa shape index (κ3) is 2.40. The molecule has 0 aliphatic carbocycles. The summed E-state index contributed by atoms with van der Waals surface area (Å²) in [5.41, 5.74) is 10.8. The molecule has 4 heteroatoms. The zero-order chi connectivity index (χ0) is 18.7. The molecule has 0 saturated carbocycles. The second-order valence-corrected chi connectivity index (χ2v) is 7.51. The number of hydrogen-bond donors (Lipinski definition) is 3. The van der Waals surface area contributed by atoms with Gasteiger partial charge in [0.05, 0.1) is 11.9 Å². The van der Waals surface area contributed by atoms with Crippen molar-refractivity contribution in [2.45, 2.75) is 27.7 Å². The van der Waals surface area contributed by atoms with E-state index < -0.39 is 0 Å². The lowest BCUT2D eigenvalue weighted by atomic mass is 10.0. The van der Waals surface area contributed by atoms with Crippen molar-refractivity contribution >= 4 is 21.8 Å². The predicted octanol–water partition coefficient (Wildman–Crippen LogP) is 5.94. The second-order valence-electron chi connectivity index (χ2n) is 7.51. The second kappa shape index (κ2) is 5.61. The summed E-state index contributed by atoms with van der Waals surface area (Å²) in [5.74, 6) is 0.887. The first-order chi connectivity index (χ1) is 13.0. The van der Waals surface area contributed by atoms with Gasteiger partial charge in [-0.2, -0.15) is 0 Å². The van der Waals surface area contributed by atoms with E-state index in [4.69, 9.17) is 0 Å². The van der Waals surface area contributed by atoms with Crippen molar-refractivity contribution in [1.29, 1.82) is 0 Å². The van der Waals surface area contributed by atoms with Gasteiger partial charge in [0.2, 0.25) is 0 Å². The number of aryl methyl sites for hydroxylation is 4. The van der Waals surface area contributed by atoms with E-state index >= 15 is 0 Å². The molecule has 0 fully saturated rings. The van der Waals surface area contributed by atoms with Gasteiger partial charge in [-0.15, -0.1) is 0 Å². The molecule has 0 unspecified atom stereocenters. The fraction of sp³-hybridized carbons (Fsp3) is 0.174. The summed E-state index contributed by atoms with van der Waals surface area (Å²) in [6, 6.07) is 8.88. The van der Waals surface area contributed by atoms with Gasteiger partial charge in [0.1, 0.15) is 5.82 Å². The normalized spacial score (nSPS) is 11.7. The van der Waals surface area contributed by atoms with Crippen LogP contribution in [-0.4, -0.2) is 19.9 Å². The largest absolute Gasteiger partial charge is 0.360 e. The molecule has 0 aliphatic heterocycles. The van der Waals surface area contributed by atoms with Crippen molar-refractivity contribution < 1.29 is 0 Å². The molecule has 3 N–H and O–H groups in total. The van der Waals surface area contributed by atoms with E-state index in [0.29, 0.717) is 0 Å². The average molecular weight is 354 g/mol. The number of fused-ring (bicyclic) bond motifs is 2. The first-order valence-corrected chi connectivity index (χ1v) is 9.23. The maximum atomic E-state index is 4.67. The van der Waals surface area contributed by atoms with Crippen molar-refractivity contribution in [3.05, 3.63) is 65.1 Å². The fourth-order valence-corrected chi connectivity index (χ4v) is 3.79. The van der Waals surface area contributed by atoms with Crippen molar-refractivity contribution in [3.63, 3.8) is 0 Å². The molecule has 134 valence electrons. The number of H-pyrrole nitrogens is 3. The van der Waals surface area contributed by atoms with Gasteiger partial charge in [0.25, 0.3) is 0 Å². The molecule has 4 nitrogen and oxygen atoms in total. The van der Waals surface area contributed by atoms with Gasteiger partial charge < -0.3 is 15.0 Å². The van der Waals surface area contributed by atoms with E-state index in [2.05, 4.69) is 78.1 Å². The summed E-state index contributed by atoms with van der Waals surface area (Å²) in [6.45, 7) is 8.58. The van der Waals surface area contributed by atoms with Gasteiger partial charge in [-0.1, -0.05) is 0 Å². The minimum Gasteiger partial charge on any atom is -0.360 e. The van der Waals surface area contributed by atoms with Crippen LogP contribution in [0.2, 0.25) is 0 Å². The summed E-state index contributed by atoms with van der Waals surface area (Å²) in [7, 11) is 0. The lowest BCUT2D eigenvalue weighted by Crippen LogP contribution is -1.83. The third-order valence-corrected chi connectivity index (χ3v) is 5.71. The Morgan fingerprint density at radius 1 is 0.667 bits per heavy atom. The van der Waals surface area contributed by atoms with Crippen LogP contribution < -0.4 is 0 Å². The number of hydrogen-bond acceptors (Lipinski definition) is 1. The smallest absolute Gasteiger partial charge is 0.139 e. The molecule has 0 amide bonds. The summed E-state index contributed by atoms with van der Waals surface area (Å²) in [6.07, 6.45) is 6.02. The highest BCUT2D eigenvalue weighted by molar-refractivity contribution is 5.97. The Morgan fingerprint density at radius 3 is 1.81 bits per heavy atom. The Morgan fingerprint density at radius 2 is 1.19 bits per heavy atom. The van der Waals surface area contributed by atoms with Crippen LogP contribution in [0.5, 0.6) is 0 Å². The molecule has 27 heavy (non-hydrogen) atoms. The molecule has 3 heterocycles. The highest BCUT2D eigenvalue weighted by Crippen LogP contribution is 2.33. The summed E-state index contributed by atoms with van der Waals surface area (Å²) in [5, 5.41) is 2.42. The molecular weight excluding hydrogens is 332 g/mol. The van der Waals surface area contributed by atoms with Crippen LogP contribution in [0.25, 0.3) is 44.5 Å². The molecular formula is C23H22N4. The zero-order valence-corrected chi connectivity index (χ0v) is 16.0. The number of nitrogens with zero attached hydrogens (tertiary/aromatic N) is 1. The monoisotopic (exact) mass is 354 g/mol. The molecule has 0 bridgehead atoms. The highest BCUT2D eigenvalue weighted by Gasteiger charge is 2.14. The summed E-state index contributed by atoms with van der Waals surface area (Å²) in [4.78, 5) is 15.0. The molecule has 0 aliphatic rings. The zero-order valence-electron chi connectivity index (χ0n) is 16.0. The first kappa shape index (κ1) is 15.9. The van der Waals surface area contributed by atoms with Crippen molar-refractivity contribution in [1.82, 2.24) is 19.9 Å². The molecule has 0 radical (unpaired) electrons. The molecule has 0 spiro atoms. The van der Waals surface area contributed by atoms with Crippen molar-refractivity contribution in [3.8, 4) is 22.6 Å². The number of rotatable bonds is 2. The lowest BCUT2D eigenvalue weighted by molar-refractivity contribution is 1.31. The van der Waals surface area contributed by atoms with E-state index in [0.717, 1.165) is 33.7 Å². The molecule has 5 aromatic rings. The fourth-order valence-electron chi connectivity index (χ4n) is 3.79. The van der Waals surface area contributed by atoms with E-state index in [1.165, 1.54) is 33.0 Å². The Kier molecular flexibility index (Phi) is 3.31. The van der Waals surface area contributed by atoms with E-state index in [-0.39, 0.29) is 0 Å². The molecule has 2 aromatic carbocycles. The maximum absolute atomic E-state index is 4.67. The van der Waals surface area contributed by atoms with Crippen molar-refractivity contribution in [2.75, 3.05) is 0 Å². The highest BCUT2D eigenvalue weighted by atomic mass is 14.9. The number of benzene rings is 2. The lowest BCUT2D eigenvalue weighted by Gasteiger charge is -2.02. The van der Waals surface area contributed by atoms with Gasteiger partial charge in [-0.25, -0.2) is 4.98 Å². The number of imidazole rings is 1. The van der Waals surface area contributed by atoms with Crippen LogP contribution in [0.3, 0.4) is 0 Å². The Hall–Kier alpha value is -3.27. The number of aromatic amines is 3. The number of nitrogens with one attached hydrogen (secondary N) is 3. The van der Waals surface area contributed by atoms with Gasteiger partial charge in [0.15, 0.2) is 0 Å². The van der Waals surface area contributed by atoms with Crippen molar-refractivity contribution in [2.24, 2.45) is 0 Å². The first-order valence-electron chi connectivity index (χ1n) is 9.23. The quantitative estimate of drug-likeness (QED) is 0.361. The van der Waals surface area contributed by atoms with E-state index in [1.807, 2.05) is 12.4 Å². The van der Waals surface area contributed by atoms with Gasteiger partial charge in [-0.05, 0) is 74.2 Å². The van der Waals surface area contributed by atoms with Crippen LogP contribution in [0, 0.1) is 27.7 Å². The molecule has 5 rings (SSSR count). The maximum Gasteiger partial charge on any atom is 0.139 e. The van der Waals surface area contributed by atoms with Crippen LogP contribution in [-0.2, 0) is 0 Å². The summed E-state index contributed by atoms with van der Waals surface area (Å²) < 4.78 is 0. The standard InChI is InChI=1S/C23H22N4/c1-12-5-16-18(9-24-20(16)7-14(12)3)22-11-26-23(27-22)19-10-25-21-8-15(4)13(2)6-17(19)21/h5-11,24-25H,1-4H3,(H,26,27). The van der Waals surface area contributed by atoms with Gasteiger partial charge in [-0.3, -0.25) is 0 Å². The molecule has 0 atom stereocenters. The van der Waals surface area contributed by atoms with E-state index in [1.54, 1.807) is 0 Å². The Balaban J connectivity index is 1.64. The topological polar surface area (TPSA) is 60.3 Å². The predicted molar refractivity (Wildman–Crippen MR) is 112 cm³/mol. The Bertz CT molecular complexity index is 1210. The van der Waals surface area contributed by atoms with Crippen LogP contribution >= 0.6 is 0 Å². The van der Waals surface area contributed by atoms with Crippen LogP contribution in [0.1, 0.15) is 22.3 Å². The SMILES string of the molecule is Cc1cc2[nH]cc(-c3cnc(-c4c[nH]c5cc(C)c(C)cc45)[nH]3)c2cc1C. The van der Waals surface area contributed by atoms with Crippen LogP contribution in [0.15, 0.2) is 42.9 Å². The Labute approximate surface area is 157 Å². The number of aromatic nitrogens is 4. The van der Waals surface area contributed by atoms with E-state index in [9.17, 15) is 0 Å². The van der Waals surface area contributed by atoms with Crippen LogP contribution in [0.4, 0.5) is 0 Å².